The van der Waals surface area contributed by atoms with Crippen LogP contribution in [0.25, 0.3) is 0 Å². The number of pyridine rings is 1. The molecule has 1 aliphatic rings. The molecule has 31 heavy (non-hydrogen) atoms. The Kier molecular flexibility index (Phi) is 5.38. The zero-order valence-corrected chi connectivity index (χ0v) is 18.4. The maximum Gasteiger partial charge on any atom is 0.290 e. The van der Waals surface area contributed by atoms with Crippen LogP contribution in [0.5, 0.6) is 11.6 Å². The molecule has 3 heterocycles. The number of anilines is 1. The second-order valence-electron chi connectivity index (χ2n) is 8.20. The van der Waals surface area contributed by atoms with Crippen molar-refractivity contribution in [1.29, 1.82) is 0 Å². The molecule has 2 atom stereocenters. The fourth-order valence-electron chi connectivity index (χ4n) is 3.65. The number of methoxy groups -OCH3 is 1. The summed E-state index contributed by atoms with van der Waals surface area (Å²) in [4.78, 5) is 21.3. The fourth-order valence-corrected chi connectivity index (χ4v) is 3.65. The Balaban J connectivity index is 1.41. The van der Waals surface area contributed by atoms with Gasteiger partial charge >= 0.3 is 0 Å². The standard InChI is InChI=1S/C21H27N7O3/c1-13-24-18(27(3)25-13)11-23-17-8-19(26-28(4)20(17)29)31-12-21(2)9-15(21)16-7-6-14(30-5)10-22-16/h6-8,10,15,23H,9,11-12H2,1-5H3. The third-order valence-corrected chi connectivity index (χ3v) is 5.69. The van der Waals surface area contributed by atoms with Gasteiger partial charge in [0.15, 0.2) is 0 Å². The highest BCUT2D eigenvalue weighted by Crippen LogP contribution is 2.58. The van der Waals surface area contributed by atoms with Crippen molar-refractivity contribution in [2.24, 2.45) is 19.5 Å². The Labute approximate surface area is 180 Å². The molecule has 3 aromatic rings. The van der Waals surface area contributed by atoms with Crippen molar-refractivity contribution >= 4 is 5.69 Å². The van der Waals surface area contributed by atoms with Gasteiger partial charge in [-0.3, -0.25) is 14.5 Å². The highest BCUT2D eigenvalue weighted by Gasteiger charge is 2.52. The van der Waals surface area contributed by atoms with E-state index in [9.17, 15) is 4.79 Å². The van der Waals surface area contributed by atoms with E-state index in [1.165, 1.54) is 4.68 Å². The van der Waals surface area contributed by atoms with Gasteiger partial charge in [0.05, 0.1) is 26.5 Å². The number of hydrogen-bond acceptors (Lipinski definition) is 8. The molecular weight excluding hydrogens is 398 g/mol. The number of nitrogens with one attached hydrogen (secondary N) is 1. The van der Waals surface area contributed by atoms with Gasteiger partial charge in [-0.15, -0.1) is 5.10 Å². The van der Waals surface area contributed by atoms with Crippen molar-refractivity contribution in [2.75, 3.05) is 19.0 Å². The monoisotopic (exact) mass is 425 g/mol. The van der Waals surface area contributed by atoms with E-state index in [4.69, 9.17) is 9.47 Å². The number of ether oxygens (including phenoxy) is 2. The van der Waals surface area contributed by atoms with Gasteiger partial charge in [-0.05, 0) is 25.5 Å². The zero-order chi connectivity index (χ0) is 22.2. The molecule has 0 radical (unpaired) electrons. The summed E-state index contributed by atoms with van der Waals surface area (Å²) in [6.07, 6.45) is 2.72. The van der Waals surface area contributed by atoms with E-state index in [1.807, 2.05) is 26.1 Å². The Bertz CT molecular complexity index is 1140. The average Bonchev–Trinajstić information content (AvgIpc) is 3.32. The Morgan fingerprint density at radius 3 is 2.71 bits per heavy atom. The summed E-state index contributed by atoms with van der Waals surface area (Å²) in [6.45, 7) is 4.85. The molecule has 0 amide bonds. The molecule has 10 heteroatoms. The van der Waals surface area contributed by atoms with Gasteiger partial charge in [0, 0.05) is 37.2 Å². The van der Waals surface area contributed by atoms with E-state index in [0.29, 0.717) is 36.5 Å². The van der Waals surface area contributed by atoms with Crippen LogP contribution < -0.4 is 20.3 Å². The minimum atomic E-state index is -0.232. The third-order valence-electron chi connectivity index (χ3n) is 5.69. The molecule has 0 saturated heterocycles. The van der Waals surface area contributed by atoms with Crippen LogP contribution in [0.4, 0.5) is 5.69 Å². The second kappa shape index (κ2) is 8.01. The maximum atomic E-state index is 12.5. The summed E-state index contributed by atoms with van der Waals surface area (Å²) in [5, 5.41) is 11.6. The summed E-state index contributed by atoms with van der Waals surface area (Å²) in [6, 6.07) is 5.56. The van der Waals surface area contributed by atoms with Crippen LogP contribution in [-0.2, 0) is 20.6 Å². The molecule has 1 N–H and O–H groups in total. The first-order chi connectivity index (χ1) is 14.8. The lowest BCUT2D eigenvalue weighted by Crippen LogP contribution is -2.25. The number of rotatable bonds is 8. The van der Waals surface area contributed by atoms with Crippen molar-refractivity contribution in [3.63, 3.8) is 0 Å². The highest BCUT2D eigenvalue weighted by atomic mass is 16.5. The average molecular weight is 425 g/mol. The van der Waals surface area contributed by atoms with E-state index in [2.05, 4.69) is 32.4 Å². The Hall–Kier alpha value is -3.43. The van der Waals surface area contributed by atoms with Gasteiger partial charge < -0.3 is 14.8 Å². The summed E-state index contributed by atoms with van der Waals surface area (Å²) in [5.41, 5.74) is 1.18. The van der Waals surface area contributed by atoms with Gasteiger partial charge in [-0.2, -0.15) is 5.10 Å². The molecular formula is C21H27N7O3. The van der Waals surface area contributed by atoms with E-state index >= 15 is 0 Å². The summed E-state index contributed by atoms with van der Waals surface area (Å²) in [5.74, 6) is 2.88. The van der Waals surface area contributed by atoms with Crippen LogP contribution in [-0.4, -0.2) is 43.2 Å². The van der Waals surface area contributed by atoms with E-state index < -0.39 is 0 Å². The van der Waals surface area contributed by atoms with Crippen LogP contribution in [0.1, 0.15) is 36.6 Å². The van der Waals surface area contributed by atoms with E-state index in [-0.39, 0.29) is 11.0 Å². The number of nitrogens with zero attached hydrogens (tertiary/aromatic N) is 6. The Morgan fingerprint density at radius 1 is 1.26 bits per heavy atom. The molecule has 0 aliphatic heterocycles. The lowest BCUT2D eigenvalue weighted by molar-refractivity contribution is 0.228. The van der Waals surface area contributed by atoms with Crippen molar-refractivity contribution in [2.45, 2.75) is 32.7 Å². The minimum Gasteiger partial charge on any atom is -0.495 e. The largest absolute Gasteiger partial charge is 0.495 e. The molecule has 0 aromatic carbocycles. The fraction of sp³-hybridized carbons (Fsp3) is 0.476. The summed E-state index contributed by atoms with van der Waals surface area (Å²) in [7, 11) is 5.06. The van der Waals surface area contributed by atoms with Gasteiger partial charge in [0.1, 0.15) is 23.1 Å². The van der Waals surface area contributed by atoms with Gasteiger partial charge in [-0.25, -0.2) is 9.67 Å². The Morgan fingerprint density at radius 2 is 2.06 bits per heavy atom. The van der Waals surface area contributed by atoms with Crippen LogP contribution in [0.2, 0.25) is 0 Å². The van der Waals surface area contributed by atoms with Crippen LogP contribution in [0.15, 0.2) is 29.2 Å². The second-order valence-corrected chi connectivity index (χ2v) is 8.20. The quantitative estimate of drug-likeness (QED) is 0.582. The molecule has 2 unspecified atom stereocenters. The zero-order valence-electron chi connectivity index (χ0n) is 18.4. The van der Waals surface area contributed by atoms with Crippen LogP contribution >= 0.6 is 0 Å². The molecule has 1 fully saturated rings. The summed E-state index contributed by atoms with van der Waals surface area (Å²) < 4.78 is 14.1. The molecule has 0 bridgehead atoms. The maximum absolute atomic E-state index is 12.5. The van der Waals surface area contributed by atoms with Crippen LogP contribution in [0.3, 0.4) is 0 Å². The normalized spacial score (nSPS) is 19.8. The van der Waals surface area contributed by atoms with Crippen molar-refractivity contribution in [1.82, 2.24) is 29.5 Å². The molecule has 10 nitrogen and oxygen atoms in total. The topological polar surface area (TPSA) is 109 Å². The number of aromatic nitrogens is 6. The molecule has 4 rings (SSSR count). The number of hydrogen-bond donors (Lipinski definition) is 1. The minimum absolute atomic E-state index is 0.0261. The van der Waals surface area contributed by atoms with E-state index in [1.54, 1.807) is 31.1 Å². The SMILES string of the molecule is COc1ccc(C2CC2(C)COc2cc(NCc3nc(C)nn3C)c(=O)n(C)n2)nc1. The van der Waals surface area contributed by atoms with Gasteiger partial charge in [0.25, 0.3) is 5.56 Å². The molecule has 1 aliphatic carbocycles. The van der Waals surface area contributed by atoms with Crippen molar-refractivity contribution in [3.05, 3.63) is 52.1 Å². The van der Waals surface area contributed by atoms with Crippen LogP contribution in [0, 0.1) is 12.3 Å². The van der Waals surface area contributed by atoms with Gasteiger partial charge in [0.2, 0.25) is 5.88 Å². The molecule has 1 saturated carbocycles. The lowest BCUT2D eigenvalue weighted by atomic mass is 10.1. The first kappa shape index (κ1) is 20.8. The first-order valence-electron chi connectivity index (χ1n) is 10.1. The predicted molar refractivity (Wildman–Crippen MR) is 114 cm³/mol. The van der Waals surface area contributed by atoms with E-state index in [0.717, 1.165) is 23.7 Å². The molecule has 0 spiro atoms. The molecule has 164 valence electrons. The lowest BCUT2D eigenvalue weighted by Gasteiger charge is -2.14. The van der Waals surface area contributed by atoms with Crippen molar-refractivity contribution < 1.29 is 9.47 Å². The number of aryl methyl sites for hydroxylation is 3. The smallest absolute Gasteiger partial charge is 0.290 e. The third kappa shape index (κ3) is 4.37. The summed E-state index contributed by atoms with van der Waals surface area (Å²) >= 11 is 0. The highest BCUT2D eigenvalue weighted by molar-refractivity contribution is 5.43. The molecule has 3 aromatic heterocycles. The predicted octanol–water partition coefficient (Wildman–Crippen LogP) is 1.81. The van der Waals surface area contributed by atoms with Gasteiger partial charge in [-0.1, -0.05) is 6.92 Å². The first-order valence-corrected chi connectivity index (χ1v) is 10.1. The van der Waals surface area contributed by atoms with Crippen molar-refractivity contribution in [3.8, 4) is 11.6 Å².